The van der Waals surface area contributed by atoms with E-state index < -0.39 is 0 Å². The van der Waals surface area contributed by atoms with Gasteiger partial charge >= 0.3 is 6.09 Å². The van der Waals surface area contributed by atoms with Crippen LogP contribution in [0.4, 0.5) is 4.79 Å². The number of fused-ring (bicyclic) bond motifs is 2. The van der Waals surface area contributed by atoms with Gasteiger partial charge in [-0.2, -0.15) is 5.06 Å². The molecule has 2 unspecified atom stereocenters. The summed E-state index contributed by atoms with van der Waals surface area (Å²) in [5.41, 5.74) is 0.991. The van der Waals surface area contributed by atoms with Gasteiger partial charge in [0.15, 0.2) is 0 Å². The highest BCUT2D eigenvalue weighted by molar-refractivity contribution is 5.67. The Morgan fingerprint density at radius 1 is 1.35 bits per heavy atom. The molecule has 0 aromatic heterocycles. The molecule has 4 nitrogen and oxygen atoms in total. The zero-order chi connectivity index (χ0) is 11.7. The van der Waals surface area contributed by atoms with E-state index >= 15 is 0 Å². The second-order valence-electron chi connectivity index (χ2n) is 4.56. The number of hydroxylamine groups is 2. The van der Waals surface area contributed by atoms with E-state index in [1.165, 1.54) is 5.06 Å². The molecule has 2 fully saturated rings. The summed E-state index contributed by atoms with van der Waals surface area (Å²) < 4.78 is 5.23. The van der Waals surface area contributed by atoms with Gasteiger partial charge in [-0.3, -0.25) is 4.84 Å². The molecule has 4 heteroatoms. The molecule has 3 rings (SSSR count). The summed E-state index contributed by atoms with van der Waals surface area (Å²) in [5.74, 6) is 0. The molecule has 1 aliphatic heterocycles. The molecular formula is C13H15NO3. The maximum Gasteiger partial charge on any atom is 0.434 e. The predicted molar refractivity (Wildman–Crippen MR) is 61.0 cm³/mol. The van der Waals surface area contributed by atoms with E-state index in [9.17, 15) is 4.79 Å². The summed E-state index contributed by atoms with van der Waals surface area (Å²) >= 11 is 0. The van der Waals surface area contributed by atoms with Crippen LogP contribution < -0.4 is 0 Å². The third-order valence-corrected chi connectivity index (χ3v) is 3.34. The highest BCUT2D eigenvalue weighted by Crippen LogP contribution is 2.35. The van der Waals surface area contributed by atoms with Gasteiger partial charge in [-0.25, -0.2) is 4.79 Å². The first-order valence-corrected chi connectivity index (χ1v) is 5.99. The number of nitrogens with zero attached hydrogens (tertiary/aromatic N) is 1. The molecule has 0 radical (unpaired) electrons. The minimum atomic E-state index is -0.360. The van der Waals surface area contributed by atoms with Crippen LogP contribution in [0.5, 0.6) is 0 Å². The molecule has 1 aromatic rings. The zero-order valence-electron chi connectivity index (χ0n) is 9.54. The molecule has 1 heterocycles. The zero-order valence-corrected chi connectivity index (χ0v) is 9.54. The van der Waals surface area contributed by atoms with E-state index in [2.05, 4.69) is 0 Å². The largest absolute Gasteiger partial charge is 0.443 e. The van der Waals surface area contributed by atoms with Crippen molar-refractivity contribution in [2.75, 3.05) is 0 Å². The monoisotopic (exact) mass is 233 g/mol. The third kappa shape index (κ3) is 2.13. The average Bonchev–Trinajstić information content (AvgIpc) is 2.99. The fourth-order valence-corrected chi connectivity index (χ4v) is 2.45. The van der Waals surface area contributed by atoms with Crippen LogP contribution in [0.3, 0.4) is 0 Å². The normalized spacial score (nSPS) is 26.2. The third-order valence-electron chi connectivity index (χ3n) is 3.34. The van der Waals surface area contributed by atoms with Crippen LogP contribution in [-0.4, -0.2) is 23.3 Å². The van der Waals surface area contributed by atoms with Gasteiger partial charge in [0, 0.05) is 0 Å². The molecule has 2 aliphatic rings. The van der Waals surface area contributed by atoms with Gasteiger partial charge in [0.25, 0.3) is 0 Å². The van der Waals surface area contributed by atoms with E-state index in [1.807, 2.05) is 30.3 Å². The summed E-state index contributed by atoms with van der Waals surface area (Å²) in [6.45, 7) is 0.302. The predicted octanol–water partition coefficient (Wildman–Crippen LogP) is 2.49. The Morgan fingerprint density at radius 2 is 2.18 bits per heavy atom. The van der Waals surface area contributed by atoms with Crippen LogP contribution in [0.2, 0.25) is 0 Å². The van der Waals surface area contributed by atoms with Gasteiger partial charge in [-0.05, 0) is 24.8 Å². The van der Waals surface area contributed by atoms with E-state index in [-0.39, 0.29) is 18.2 Å². The average molecular weight is 233 g/mol. The first-order chi connectivity index (χ1) is 8.33. The van der Waals surface area contributed by atoms with E-state index in [0.717, 1.165) is 24.8 Å². The van der Waals surface area contributed by atoms with Gasteiger partial charge in [0.2, 0.25) is 0 Å². The standard InChI is InChI=1S/C13H15NO3/c15-13(14-11-6-7-12(8-11)17-14)16-9-10-4-2-1-3-5-10/h1-5,11-12H,6-9H2. The van der Waals surface area contributed by atoms with Crippen molar-refractivity contribution in [3.05, 3.63) is 35.9 Å². The summed E-state index contributed by atoms with van der Waals surface area (Å²) in [5, 5.41) is 1.41. The SMILES string of the molecule is O=C(OCc1ccccc1)N1OC2CCC1C2. The maximum absolute atomic E-state index is 11.8. The van der Waals surface area contributed by atoms with Gasteiger partial charge in [-0.1, -0.05) is 30.3 Å². The van der Waals surface area contributed by atoms with Crippen molar-refractivity contribution in [1.82, 2.24) is 5.06 Å². The van der Waals surface area contributed by atoms with Crippen molar-refractivity contribution >= 4 is 6.09 Å². The quantitative estimate of drug-likeness (QED) is 0.787. The number of benzene rings is 1. The van der Waals surface area contributed by atoms with Crippen LogP contribution >= 0.6 is 0 Å². The Bertz CT molecular complexity index is 406. The highest BCUT2D eigenvalue weighted by Gasteiger charge is 2.43. The number of rotatable bonds is 2. The second kappa shape index (κ2) is 4.37. The number of ether oxygens (including phenoxy) is 1. The topological polar surface area (TPSA) is 38.8 Å². The molecule has 1 saturated heterocycles. The number of hydrogen-bond acceptors (Lipinski definition) is 3. The minimum Gasteiger partial charge on any atom is -0.443 e. The smallest absolute Gasteiger partial charge is 0.434 e. The fourth-order valence-electron chi connectivity index (χ4n) is 2.45. The lowest BCUT2D eigenvalue weighted by Gasteiger charge is -2.24. The van der Waals surface area contributed by atoms with Gasteiger partial charge in [0.05, 0.1) is 12.1 Å². The molecule has 2 bridgehead atoms. The molecule has 0 N–H and O–H groups in total. The number of carbonyl (C=O) groups is 1. The highest BCUT2D eigenvalue weighted by atomic mass is 16.7. The first-order valence-electron chi connectivity index (χ1n) is 5.99. The Balaban J connectivity index is 1.54. The minimum absolute atomic E-state index is 0.225. The molecule has 2 atom stereocenters. The first kappa shape index (κ1) is 10.6. The summed E-state index contributed by atoms with van der Waals surface area (Å²) in [4.78, 5) is 17.3. The maximum atomic E-state index is 11.8. The lowest BCUT2D eigenvalue weighted by Crippen LogP contribution is -2.37. The van der Waals surface area contributed by atoms with Gasteiger partial charge in [0.1, 0.15) is 6.61 Å². The molecule has 90 valence electrons. The second-order valence-corrected chi connectivity index (χ2v) is 4.56. The summed E-state index contributed by atoms with van der Waals surface area (Å²) in [6.07, 6.45) is 2.92. The number of amides is 1. The Hall–Kier alpha value is -1.55. The van der Waals surface area contributed by atoms with E-state index in [1.54, 1.807) is 0 Å². The molecule has 1 amide bonds. The van der Waals surface area contributed by atoms with Crippen LogP contribution in [0.15, 0.2) is 30.3 Å². The van der Waals surface area contributed by atoms with Crippen molar-refractivity contribution in [2.24, 2.45) is 0 Å². The lowest BCUT2D eigenvalue weighted by molar-refractivity contribution is -0.161. The van der Waals surface area contributed by atoms with Crippen LogP contribution in [0, 0.1) is 0 Å². The summed E-state index contributed by atoms with van der Waals surface area (Å²) in [7, 11) is 0. The van der Waals surface area contributed by atoms with Crippen LogP contribution in [0.25, 0.3) is 0 Å². The number of carbonyl (C=O) groups excluding carboxylic acids is 1. The van der Waals surface area contributed by atoms with E-state index in [0.29, 0.717) is 6.61 Å². The molecule has 0 spiro atoms. The fraction of sp³-hybridized carbons (Fsp3) is 0.462. The molecule has 1 aliphatic carbocycles. The number of hydrogen-bond donors (Lipinski definition) is 0. The molecular weight excluding hydrogens is 218 g/mol. The molecule has 1 aromatic carbocycles. The summed E-state index contributed by atoms with van der Waals surface area (Å²) in [6, 6.07) is 9.89. The van der Waals surface area contributed by atoms with Crippen LogP contribution in [-0.2, 0) is 16.2 Å². The van der Waals surface area contributed by atoms with Crippen molar-refractivity contribution in [1.29, 1.82) is 0 Å². The van der Waals surface area contributed by atoms with Crippen molar-refractivity contribution in [2.45, 2.75) is 38.0 Å². The lowest BCUT2D eigenvalue weighted by atomic mass is 10.2. The van der Waals surface area contributed by atoms with Crippen molar-refractivity contribution < 1.29 is 14.4 Å². The van der Waals surface area contributed by atoms with E-state index in [4.69, 9.17) is 9.57 Å². The Kier molecular flexibility index (Phi) is 2.73. The Morgan fingerprint density at radius 3 is 2.82 bits per heavy atom. The van der Waals surface area contributed by atoms with Crippen molar-refractivity contribution in [3.8, 4) is 0 Å². The van der Waals surface area contributed by atoms with Crippen molar-refractivity contribution in [3.63, 3.8) is 0 Å². The van der Waals surface area contributed by atoms with Crippen LogP contribution in [0.1, 0.15) is 24.8 Å². The molecule has 1 saturated carbocycles. The Labute approximate surface area is 100 Å². The molecule has 17 heavy (non-hydrogen) atoms. The van der Waals surface area contributed by atoms with Gasteiger partial charge < -0.3 is 4.74 Å². The van der Waals surface area contributed by atoms with Gasteiger partial charge in [-0.15, -0.1) is 0 Å².